The van der Waals surface area contributed by atoms with Crippen LogP contribution < -0.4 is 5.32 Å². The average Bonchev–Trinajstić information content (AvgIpc) is 2.87. The van der Waals surface area contributed by atoms with Gasteiger partial charge in [-0.3, -0.25) is 4.79 Å². The quantitative estimate of drug-likeness (QED) is 0.850. The van der Waals surface area contributed by atoms with E-state index in [4.69, 9.17) is 5.11 Å². The zero-order valence-corrected chi connectivity index (χ0v) is 14.3. The Bertz CT molecular complexity index is 680. The van der Waals surface area contributed by atoms with E-state index in [2.05, 4.69) is 10.3 Å². The Morgan fingerprint density at radius 1 is 1.35 bits per heavy atom. The molecule has 0 radical (unpaired) electrons. The summed E-state index contributed by atoms with van der Waals surface area (Å²) in [7, 11) is 0. The van der Waals surface area contributed by atoms with E-state index in [0.717, 1.165) is 5.56 Å². The number of carbonyl (C=O) groups is 1. The van der Waals surface area contributed by atoms with E-state index in [0.29, 0.717) is 28.5 Å². The highest BCUT2D eigenvalue weighted by atomic mass is 32.1. The van der Waals surface area contributed by atoms with E-state index >= 15 is 0 Å². The Morgan fingerprint density at radius 3 is 2.61 bits per heavy atom. The summed E-state index contributed by atoms with van der Waals surface area (Å²) in [4.78, 5) is 17.3. The fraction of sp³-hybridized carbons (Fsp3) is 0.412. The van der Waals surface area contributed by atoms with Crippen molar-refractivity contribution in [2.45, 2.75) is 27.2 Å². The zero-order chi connectivity index (χ0) is 17.0. The van der Waals surface area contributed by atoms with Crippen LogP contribution in [0.5, 0.6) is 0 Å². The maximum atomic E-state index is 13.0. The predicted octanol–water partition coefficient (Wildman–Crippen LogP) is 3.40. The second-order valence-electron chi connectivity index (χ2n) is 6.26. The highest BCUT2D eigenvalue weighted by Crippen LogP contribution is 2.28. The Balaban J connectivity index is 2.11. The first kappa shape index (κ1) is 17.6. The van der Waals surface area contributed by atoms with Gasteiger partial charge in [-0.1, -0.05) is 13.8 Å². The number of aliphatic hydroxyl groups excluding tert-OH is 1. The van der Waals surface area contributed by atoms with Crippen LogP contribution >= 0.6 is 11.3 Å². The van der Waals surface area contributed by atoms with Gasteiger partial charge in [-0.2, -0.15) is 0 Å². The fourth-order valence-corrected chi connectivity index (χ4v) is 3.10. The van der Waals surface area contributed by atoms with Gasteiger partial charge in [-0.05, 0) is 43.0 Å². The topological polar surface area (TPSA) is 62.2 Å². The molecule has 2 aromatic rings. The van der Waals surface area contributed by atoms with E-state index in [9.17, 15) is 9.18 Å². The number of aliphatic hydroxyl groups is 1. The molecule has 0 atom stereocenters. The minimum atomic E-state index is -0.300. The number of amides is 1. The highest BCUT2D eigenvalue weighted by Gasteiger charge is 2.21. The molecule has 6 heteroatoms. The SMILES string of the molecule is Cc1nc(-c2ccc(F)cc2)sc1C(=O)NCC(C)(C)CCO. The van der Waals surface area contributed by atoms with Crippen LogP contribution in [-0.2, 0) is 0 Å². The third-order valence-electron chi connectivity index (χ3n) is 3.61. The molecule has 1 heterocycles. The number of rotatable bonds is 6. The third kappa shape index (κ3) is 4.59. The smallest absolute Gasteiger partial charge is 0.263 e. The molecule has 124 valence electrons. The van der Waals surface area contributed by atoms with Gasteiger partial charge in [0.2, 0.25) is 0 Å². The van der Waals surface area contributed by atoms with Crippen molar-refractivity contribution in [2.75, 3.05) is 13.2 Å². The van der Waals surface area contributed by atoms with Crippen LogP contribution in [-0.4, -0.2) is 29.1 Å². The van der Waals surface area contributed by atoms with Crippen LogP contribution in [0.2, 0.25) is 0 Å². The number of thiazole rings is 1. The molecule has 4 nitrogen and oxygen atoms in total. The normalized spacial score (nSPS) is 11.5. The second kappa shape index (κ2) is 7.19. The number of aryl methyl sites for hydroxylation is 1. The Labute approximate surface area is 139 Å². The molecule has 23 heavy (non-hydrogen) atoms. The molecular formula is C17H21FN2O2S. The molecule has 1 amide bonds. The standard InChI is InChI=1S/C17H21FN2O2S/c1-11-14(15(22)19-10-17(2,3)8-9-21)23-16(20-11)12-4-6-13(18)7-5-12/h4-7,21H,8-10H2,1-3H3,(H,19,22). The van der Waals surface area contributed by atoms with Gasteiger partial charge in [0.05, 0.1) is 5.69 Å². The van der Waals surface area contributed by atoms with Crippen LogP contribution in [0.15, 0.2) is 24.3 Å². The molecule has 0 unspecified atom stereocenters. The van der Waals surface area contributed by atoms with Crippen molar-refractivity contribution < 1.29 is 14.3 Å². The lowest BCUT2D eigenvalue weighted by Gasteiger charge is -2.23. The number of hydrogen-bond acceptors (Lipinski definition) is 4. The van der Waals surface area contributed by atoms with Crippen molar-refractivity contribution in [3.8, 4) is 10.6 Å². The van der Waals surface area contributed by atoms with Gasteiger partial charge in [-0.25, -0.2) is 9.37 Å². The fourth-order valence-electron chi connectivity index (χ4n) is 2.11. The molecule has 1 aromatic heterocycles. The molecular weight excluding hydrogens is 315 g/mol. The van der Waals surface area contributed by atoms with E-state index in [1.807, 2.05) is 13.8 Å². The Morgan fingerprint density at radius 2 is 2.00 bits per heavy atom. The molecule has 2 N–H and O–H groups in total. The predicted molar refractivity (Wildman–Crippen MR) is 90.1 cm³/mol. The number of nitrogens with zero attached hydrogens (tertiary/aromatic N) is 1. The monoisotopic (exact) mass is 336 g/mol. The summed E-state index contributed by atoms with van der Waals surface area (Å²) in [6.45, 7) is 6.35. The van der Waals surface area contributed by atoms with Crippen molar-refractivity contribution >= 4 is 17.2 Å². The number of nitrogens with one attached hydrogen (secondary N) is 1. The number of carbonyl (C=O) groups excluding carboxylic acids is 1. The summed E-state index contributed by atoms with van der Waals surface area (Å²) in [5, 5.41) is 12.6. The average molecular weight is 336 g/mol. The lowest BCUT2D eigenvalue weighted by molar-refractivity contribution is 0.0931. The van der Waals surface area contributed by atoms with Gasteiger partial charge in [0.25, 0.3) is 5.91 Å². The van der Waals surface area contributed by atoms with Gasteiger partial charge < -0.3 is 10.4 Å². The van der Waals surface area contributed by atoms with Crippen LogP contribution in [0.4, 0.5) is 4.39 Å². The van der Waals surface area contributed by atoms with E-state index in [1.165, 1.54) is 23.5 Å². The third-order valence-corrected chi connectivity index (χ3v) is 4.82. The van der Waals surface area contributed by atoms with Crippen LogP contribution in [0.25, 0.3) is 10.6 Å². The lowest BCUT2D eigenvalue weighted by Crippen LogP contribution is -2.34. The number of benzene rings is 1. The number of halogens is 1. The molecule has 0 bridgehead atoms. The summed E-state index contributed by atoms with van der Waals surface area (Å²) in [6, 6.07) is 6.06. The van der Waals surface area contributed by atoms with Gasteiger partial charge in [0.15, 0.2) is 0 Å². The van der Waals surface area contributed by atoms with E-state index in [1.54, 1.807) is 19.1 Å². The molecule has 0 aliphatic heterocycles. The van der Waals surface area contributed by atoms with Crippen molar-refractivity contribution in [1.29, 1.82) is 0 Å². The van der Waals surface area contributed by atoms with Crippen LogP contribution in [0, 0.1) is 18.2 Å². The van der Waals surface area contributed by atoms with E-state index < -0.39 is 0 Å². The van der Waals surface area contributed by atoms with Crippen molar-refractivity contribution in [3.05, 3.63) is 40.7 Å². The Kier molecular flexibility index (Phi) is 5.49. The Hall–Kier alpha value is -1.79. The van der Waals surface area contributed by atoms with Gasteiger partial charge >= 0.3 is 0 Å². The maximum absolute atomic E-state index is 13.0. The lowest BCUT2D eigenvalue weighted by atomic mass is 9.90. The van der Waals surface area contributed by atoms with Crippen LogP contribution in [0.1, 0.15) is 35.6 Å². The first-order valence-electron chi connectivity index (χ1n) is 7.45. The van der Waals surface area contributed by atoms with Crippen molar-refractivity contribution in [3.63, 3.8) is 0 Å². The minimum absolute atomic E-state index is 0.0944. The summed E-state index contributed by atoms with van der Waals surface area (Å²) in [5.74, 6) is -0.467. The van der Waals surface area contributed by atoms with Crippen molar-refractivity contribution in [2.24, 2.45) is 5.41 Å². The zero-order valence-electron chi connectivity index (χ0n) is 13.5. The summed E-state index contributed by atoms with van der Waals surface area (Å²) in [6.07, 6.45) is 0.621. The van der Waals surface area contributed by atoms with Gasteiger partial charge in [-0.15, -0.1) is 11.3 Å². The minimum Gasteiger partial charge on any atom is -0.396 e. The summed E-state index contributed by atoms with van der Waals surface area (Å²) < 4.78 is 13.0. The summed E-state index contributed by atoms with van der Waals surface area (Å²) >= 11 is 1.30. The van der Waals surface area contributed by atoms with E-state index in [-0.39, 0.29) is 23.7 Å². The molecule has 2 rings (SSSR count). The van der Waals surface area contributed by atoms with Gasteiger partial charge in [0.1, 0.15) is 15.7 Å². The molecule has 0 saturated carbocycles. The first-order chi connectivity index (χ1) is 10.8. The molecule has 0 aliphatic rings. The molecule has 0 saturated heterocycles. The highest BCUT2D eigenvalue weighted by molar-refractivity contribution is 7.17. The molecule has 0 spiro atoms. The number of aromatic nitrogens is 1. The first-order valence-corrected chi connectivity index (χ1v) is 8.26. The van der Waals surface area contributed by atoms with Gasteiger partial charge in [0, 0.05) is 18.7 Å². The second-order valence-corrected chi connectivity index (χ2v) is 7.26. The molecule has 0 aliphatic carbocycles. The summed E-state index contributed by atoms with van der Waals surface area (Å²) in [5.41, 5.74) is 1.29. The van der Waals surface area contributed by atoms with Crippen LogP contribution in [0.3, 0.4) is 0 Å². The number of hydrogen-bond donors (Lipinski definition) is 2. The largest absolute Gasteiger partial charge is 0.396 e. The van der Waals surface area contributed by atoms with Crippen molar-refractivity contribution in [1.82, 2.24) is 10.3 Å². The maximum Gasteiger partial charge on any atom is 0.263 e. The molecule has 0 fully saturated rings. The molecule has 1 aromatic carbocycles.